The average molecular weight is 478 g/mol. The van der Waals surface area contributed by atoms with Crippen molar-refractivity contribution < 1.29 is 9.13 Å². The number of rotatable bonds is 7. The zero-order valence-electron chi connectivity index (χ0n) is 20.6. The molecule has 2 aliphatic rings. The van der Waals surface area contributed by atoms with E-state index in [1.54, 1.807) is 29.2 Å². The van der Waals surface area contributed by atoms with Crippen molar-refractivity contribution >= 4 is 11.7 Å². The van der Waals surface area contributed by atoms with Gasteiger partial charge in [0.15, 0.2) is 5.82 Å². The van der Waals surface area contributed by atoms with E-state index in [2.05, 4.69) is 40.8 Å². The van der Waals surface area contributed by atoms with Crippen LogP contribution in [0.25, 0.3) is 5.82 Å². The molecule has 4 rings (SSSR count). The van der Waals surface area contributed by atoms with Gasteiger partial charge in [-0.25, -0.2) is 14.1 Å². The minimum Gasteiger partial charge on any atom is -0.496 e. The molecule has 1 saturated heterocycles. The molecular formula is C26H32FN7O. The van der Waals surface area contributed by atoms with Crippen LogP contribution >= 0.6 is 0 Å². The molecule has 9 heteroatoms. The molecule has 184 valence electrons. The van der Waals surface area contributed by atoms with Gasteiger partial charge in [0.05, 0.1) is 18.9 Å². The Hall–Kier alpha value is -3.72. The van der Waals surface area contributed by atoms with E-state index < -0.39 is 5.83 Å². The van der Waals surface area contributed by atoms with Crippen LogP contribution in [0, 0.1) is 0 Å². The number of allylic oxidation sites excluding steroid dienone is 3. The van der Waals surface area contributed by atoms with Crippen molar-refractivity contribution in [2.24, 2.45) is 4.99 Å². The predicted octanol–water partition coefficient (Wildman–Crippen LogP) is 3.92. The summed E-state index contributed by atoms with van der Waals surface area (Å²) in [4.78, 5) is 14.3. The molecule has 2 aromatic heterocycles. The summed E-state index contributed by atoms with van der Waals surface area (Å²) in [5, 5.41) is 7.56. The first-order chi connectivity index (χ1) is 16.9. The number of hydrogen-bond acceptors (Lipinski definition) is 7. The van der Waals surface area contributed by atoms with E-state index in [1.807, 2.05) is 30.5 Å². The zero-order valence-corrected chi connectivity index (χ0v) is 20.6. The van der Waals surface area contributed by atoms with Crippen LogP contribution in [0.4, 0.5) is 10.2 Å². The highest BCUT2D eigenvalue weighted by Gasteiger charge is 2.24. The average Bonchev–Trinajstić information content (AvgIpc) is 3.34. The van der Waals surface area contributed by atoms with Crippen molar-refractivity contribution in [2.45, 2.75) is 25.9 Å². The summed E-state index contributed by atoms with van der Waals surface area (Å²) in [6, 6.07) is 6.03. The van der Waals surface area contributed by atoms with Crippen molar-refractivity contribution in [3.63, 3.8) is 0 Å². The molecule has 0 aromatic carbocycles. The number of methoxy groups -OCH3 is 1. The smallest absolute Gasteiger partial charge is 0.155 e. The number of anilines is 1. The van der Waals surface area contributed by atoms with Crippen molar-refractivity contribution in [3.8, 4) is 5.82 Å². The van der Waals surface area contributed by atoms with E-state index in [-0.39, 0.29) is 11.6 Å². The number of amidine groups is 1. The van der Waals surface area contributed by atoms with E-state index >= 15 is 0 Å². The number of likely N-dealkylation sites (N-methyl/N-ethyl adjacent to an activating group) is 1. The van der Waals surface area contributed by atoms with Gasteiger partial charge in [-0.1, -0.05) is 18.7 Å². The van der Waals surface area contributed by atoms with Gasteiger partial charge in [-0.2, -0.15) is 5.10 Å². The number of hydrogen-bond donors (Lipinski definition) is 1. The van der Waals surface area contributed by atoms with Gasteiger partial charge < -0.3 is 19.9 Å². The van der Waals surface area contributed by atoms with Crippen LogP contribution in [0.15, 0.2) is 83.8 Å². The van der Waals surface area contributed by atoms with Crippen LogP contribution in [0.3, 0.4) is 0 Å². The lowest BCUT2D eigenvalue weighted by atomic mass is 10.1. The lowest BCUT2D eigenvalue weighted by molar-refractivity contribution is 0.274. The van der Waals surface area contributed by atoms with Crippen molar-refractivity contribution in [1.82, 2.24) is 25.0 Å². The third-order valence-electron chi connectivity index (χ3n) is 6.11. The fourth-order valence-corrected chi connectivity index (χ4v) is 4.36. The number of pyridine rings is 1. The van der Waals surface area contributed by atoms with Gasteiger partial charge in [0.25, 0.3) is 0 Å². The number of aliphatic imine (C=N–C) groups is 1. The molecule has 8 nitrogen and oxygen atoms in total. The molecule has 0 aliphatic carbocycles. The van der Waals surface area contributed by atoms with Gasteiger partial charge in [0.1, 0.15) is 29.3 Å². The Kier molecular flexibility index (Phi) is 7.45. The normalized spacial score (nSPS) is 21.8. The number of piperazine rings is 1. The summed E-state index contributed by atoms with van der Waals surface area (Å²) < 4.78 is 21.6. The molecule has 2 aromatic rings. The van der Waals surface area contributed by atoms with E-state index in [1.165, 1.54) is 14.0 Å². The SMILES string of the molecule is C=C/C=C(OC)\C(C1=NC(c2cnn(-c3cccc(N4CCN(C)C[C@@H]4C)n3)c2)C=CN1)=C(/C)F. The maximum Gasteiger partial charge on any atom is 0.155 e. The molecule has 1 fully saturated rings. The Balaban J connectivity index is 1.59. The number of ether oxygens (including phenoxy) is 1. The van der Waals surface area contributed by atoms with Gasteiger partial charge >= 0.3 is 0 Å². The summed E-state index contributed by atoms with van der Waals surface area (Å²) in [6.45, 7) is 10.2. The largest absolute Gasteiger partial charge is 0.496 e. The zero-order chi connectivity index (χ0) is 24.9. The monoisotopic (exact) mass is 477 g/mol. The van der Waals surface area contributed by atoms with Crippen LogP contribution in [-0.4, -0.2) is 65.3 Å². The van der Waals surface area contributed by atoms with Crippen molar-refractivity contribution in [2.75, 3.05) is 38.7 Å². The molecule has 0 spiro atoms. The third-order valence-corrected chi connectivity index (χ3v) is 6.11. The highest BCUT2D eigenvalue weighted by molar-refractivity contribution is 6.03. The van der Waals surface area contributed by atoms with Crippen LogP contribution in [-0.2, 0) is 4.74 Å². The fraction of sp³-hybridized carbons (Fsp3) is 0.346. The van der Waals surface area contributed by atoms with Gasteiger partial charge in [-0.05, 0) is 45.2 Å². The maximum absolute atomic E-state index is 14.5. The topological polar surface area (TPSA) is 70.8 Å². The van der Waals surface area contributed by atoms with E-state index in [9.17, 15) is 4.39 Å². The highest BCUT2D eigenvalue weighted by Crippen LogP contribution is 2.27. The molecule has 35 heavy (non-hydrogen) atoms. The summed E-state index contributed by atoms with van der Waals surface area (Å²) in [6.07, 6.45) is 10.5. The number of nitrogens with zero attached hydrogens (tertiary/aromatic N) is 6. The third kappa shape index (κ3) is 5.35. The minimum absolute atomic E-state index is 0.254. The second kappa shape index (κ2) is 10.7. The molecule has 1 N–H and O–H groups in total. The molecule has 1 unspecified atom stereocenters. The summed E-state index contributed by atoms with van der Waals surface area (Å²) in [5.74, 6) is 1.99. The second-order valence-corrected chi connectivity index (χ2v) is 8.68. The highest BCUT2D eigenvalue weighted by atomic mass is 19.1. The van der Waals surface area contributed by atoms with Crippen molar-refractivity contribution in [1.29, 1.82) is 0 Å². The molecule has 0 amide bonds. The Morgan fingerprint density at radius 2 is 2.09 bits per heavy atom. The van der Waals surface area contributed by atoms with Gasteiger partial charge in [-0.3, -0.25) is 4.99 Å². The summed E-state index contributed by atoms with van der Waals surface area (Å²) in [7, 11) is 3.63. The first-order valence-electron chi connectivity index (χ1n) is 11.6. The lowest BCUT2D eigenvalue weighted by Crippen LogP contribution is -2.50. The van der Waals surface area contributed by atoms with E-state index in [0.717, 1.165) is 36.8 Å². The Labute approximate surface area is 205 Å². The molecule has 2 aliphatic heterocycles. The molecular weight excluding hydrogens is 445 g/mol. The van der Waals surface area contributed by atoms with E-state index in [0.29, 0.717) is 17.6 Å². The van der Waals surface area contributed by atoms with E-state index in [4.69, 9.17) is 14.7 Å². The lowest BCUT2D eigenvalue weighted by Gasteiger charge is -2.39. The molecule has 2 atom stereocenters. The van der Waals surface area contributed by atoms with Crippen LogP contribution in [0.5, 0.6) is 0 Å². The van der Waals surface area contributed by atoms with Gasteiger partial charge in [-0.15, -0.1) is 0 Å². The number of nitrogens with one attached hydrogen (secondary N) is 1. The van der Waals surface area contributed by atoms with Gasteiger partial charge in [0.2, 0.25) is 0 Å². The minimum atomic E-state index is -0.407. The van der Waals surface area contributed by atoms with Crippen LogP contribution in [0.1, 0.15) is 25.5 Å². The van der Waals surface area contributed by atoms with Gasteiger partial charge in [0, 0.05) is 43.6 Å². The fourth-order valence-electron chi connectivity index (χ4n) is 4.36. The van der Waals surface area contributed by atoms with Crippen LogP contribution < -0.4 is 10.2 Å². The summed E-state index contributed by atoms with van der Waals surface area (Å²) in [5.41, 5.74) is 1.12. The molecule has 0 bridgehead atoms. The molecule has 0 saturated carbocycles. The standard InChI is InChI=1S/C26H32FN7O/c1-6-8-22(35-5)25(19(3)27)26-28-12-11-21(30-26)20-15-29-34(17-20)24-10-7-9-23(31-24)33-14-13-32(4)16-18(33)2/h6-12,15,17-18,21H,1,13-14,16H2,2-5H3,(H,28,30)/b22-8+,25-19-/t18-,21?/m0/s1. The quantitative estimate of drug-likeness (QED) is 0.482. The Bertz CT molecular complexity index is 1190. The predicted molar refractivity (Wildman–Crippen MR) is 137 cm³/mol. The Morgan fingerprint density at radius 1 is 1.29 bits per heavy atom. The second-order valence-electron chi connectivity index (χ2n) is 8.68. The Morgan fingerprint density at radius 3 is 2.80 bits per heavy atom. The number of aromatic nitrogens is 3. The van der Waals surface area contributed by atoms with Crippen LogP contribution in [0.2, 0.25) is 0 Å². The first-order valence-corrected chi connectivity index (χ1v) is 11.6. The molecule has 4 heterocycles. The maximum atomic E-state index is 14.5. The molecule has 0 radical (unpaired) electrons. The summed E-state index contributed by atoms with van der Waals surface area (Å²) >= 11 is 0. The van der Waals surface area contributed by atoms with Crippen molar-refractivity contribution in [3.05, 3.63) is 84.3 Å². The number of halogens is 1. The first kappa shape index (κ1) is 24.4.